The van der Waals surface area contributed by atoms with E-state index < -0.39 is 0 Å². The first kappa shape index (κ1) is 23.1. The summed E-state index contributed by atoms with van der Waals surface area (Å²) < 4.78 is 1.63. The average Bonchev–Trinajstić information content (AvgIpc) is 3.18. The van der Waals surface area contributed by atoms with Crippen LogP contribution in [0.25, 0.3) is 0 Å². The molecule has 1 N–H and O–H groups in total. The molecule has 2 aromatic carbocycles. The highest BCUT2D eigenvalue weighted by Crippen LogP contribution is 2.30. The maximum atomic E-state index is 12.1. The Labute approximate surface area is 197 Å². The van der Waals surface area contributed by atoms with Crippen LogP contribution in [0.4, 0.5) is 0 Å². The van der Waals surface area contributed by atoms with Gasteiger partial charge in [0.15, 0.2) is 8.68 Å². The average molecular weight is 497 g/mol. The minimum atomic E-state index is -0.228. The molecule has 0 unspecified atom stereocenters. The van der Waals surface area contributed by atoms with Gasteiger partial charge in [-0.2, -0.15) is 5.10 Å². The number of carbonyl (C=O) groups is 1. The zero-order valence-electron chi connectivity index (χ0n) is 16.2. The molecule has 5 nitrogen and oxygen atoms in total. The van der Waals surface area contributed by atoms with Gasteiger partial charge in [-0.25, -0.2) is 5.43 Å². The molecule has 0 bridgehead atoms. The second-order valence-electron chi connectivity index (χ2n) is 6.25. The van der Waals surface area contributed by atoms with E-state index in [2.05, 4.69) is 51.9 Å². The van der Waals surface area contributed by atoms with Crippen molar-refractivity contribution in [3.05, 3.63) is 69.2 Å². The van der Waals surface area contributed by atoms with E-state index >= 15 is 0 Å². The maximum Gasteiger partial charge on any atom is 0.250 e. The molecule has 10 heteroatoms. The summed E-state index contributed by atoms with van der Waals surface area (Å²) in [6.07, 6.45) is 0. The molecule has 0 fully saturated rings. The van der Waals surface area contributed by atoms with Crippen molar-refractivity contribution in [2.45, 2.75) is 28.3 Å². The van der Waals surface area contributed by atoms with Crippen LogP contribution in [0, 0.1) is 6.92 Å². The Morgan fingerprint density at radius 3 is 2.50 bits per heavy atom. The fourth-order valence-electron chi connectivity index (χ4n) is 2.29. The van der Waals surface area contributed by atoms with Crippen molar-refractivity contribution < 1.29 is 4.79 Å². The number of hydrogen-bond donors (Lipinski definition) is 1. The first-order valence-electron chi connectivity index (χ1n) is 8.84. The lowest BCUT2D eigenvalue weighted by molar-refractivity contribution is -0.118. The van der Waals surface area contributed by atoms with Crippen molar-refractivity contribution in [3.8, 4) is 0 Å². The second-order valence-corrected chi connectivity index (χ2v) is 10.5. The summed E-state index contributed by atoms with van der Waals surface area (Å²) >= 11 is 16.5. The number of thioether (sulfide) groups is 2. The molecule has 0 saturated heterocycles. The van der Waals surface area contributed by atoms with E-state index in [1.165, 1.54) is 34.2 Å². The van der Waals surface area contributed by atoms with E-state index in [4.69, 9.17) is 23.2 Å². The van der Waals surface area contributed by atoms with Crippen LogP contribution < -0.4 is 5.43 Å². The number of hydrogen-bond acceptors (Lipinski definition) is 7. The zero-order chi connectivity index (χ0) is 21.5. The summed E-state index contributed by atoms with van der Waals surface area (Å²) in [6, 6.07) is 13.6. The van der Waals surface area contributed by atoms with Gasteiger partial charge in [0.2, 0.25) is 0 Å². The van der Waals surface area contributed by atoms with E-state index in [1.54, 1.807) is 36.9 Å². The molecule has 0 saturated carbocycles. The van der Waals surface area contributed by atoms with E-state index in [9.17, 15) is 4.79 Å². The van der Waals surface area contributed by atoms with Crippen molar-refractivity contribution in [3.63, 3.8) is 0 Å². The summed E-state index contributed by atoms with van der Waals surface area (Å²) in [4.78, 5) is 12.1. The van der Waals surface area contributed by atoms with E-state index in [0.717, 1.165) is 14.4 Å². The maximum absolute atomic E-state index is 12.1. The van der Waals surface area contributed by atoms with Crippen molar-refractivity contribution in [1.29, 1.82) is 0 Å². The lowest BCUT2D eigenvalue weighted by Crippen LogP contribution is -2.21. The highest BCUT2D eigenvalue weighted by Gasteiger charge is 2.10. The van der Waals surface area contributed by atoms with Crippen molar-refractivity contribution in [2.24, 2.45) is 5.10 Å². The van der Waals surface area contributed by atoms with Crippen molar-refractivity contribution >= 4 is 69.7 Å². The molecule has 0 aliphatic rings. The Bertz CT molecular complexity index is 1050. The first-order valence-corrected chi connectivity index (χ1v) is 12.4. The van der Waals surface area contributed by atoms with Crippen LogP contribution in [0.3, 0.4) is 0 Å². The van der Waals surface area contributed by atoms with Crippen LogP contribution in [-0.4, -0.2) is 27.6 Å². The Morgan fingerprint density at radius 1 is 1.10 bits per heavy atom. The molecule has 0 atom stereocenters. The van der Waals surface area contributed by atoms with E-state index in [0.29, 0.717) is 21.3 Å². The SMILES string of the molecule is C/C(=N\NC(=O)CSc1nnc(SCc2ccc(C)cc2)s1)c1ccc(Cl)cc1Cl. The van der Waals surface area contributed by atoms with Gasteiger partial charge in [-0.05, 0) is 31.5 Å². The summed E-state index contributed by atoms with van der Waals surface area (Å²) in [5.41, 5.74) is 6.34. The van der Waals surface area contributed by atoms with Gasteiger partial charge in [0, 0.05) is 16.3 Å². The summed E-state index contributed by atoms with van der Waals surface area (Å²) in [5.74, 6) is 0.803. The molecular weight excluding hydrogens is 479 g/mol. The number of nitrogens with zero attached hydrogens (tertiary/aromatic N) is 3. The molecule has 0 spiro atoms. The third-order valence-corrected chi connectivity index (χ3v) is 7.68. The van der Waals surface area contributed by atoms with Crippen molar-refractivity contribution in [2.75, 3.05) is 5.75 Å². The minimum absolute atomic E-state index is 0.197. The molecule has 0 aliphatic heterocycles. The molecule has 3 rings (SSSR count). The molecule has 0 aliphatic carbocycles. The molecule has 156 valence electrons. The molecular formula is C20H18Cl2N4OS3. The molecule has 1 amide bonds. The second kappa shape index (κ2) is 11.2. The van der Waals surface area contributed by atoms with Gasteiger partial charge in [0.25, 0.3) is 5.91 Å². The number of aromatic nitrogens is 2. The summed E-state index contributed by atoms with van der Waals surface area (Å²) in [6.45, 7) is 3.84. The fraction of sp³-hybridized carbons (Fsp3) is 0.200. The van der Waals surface area contributed by atoms with Gasteiger partial charge in [-0.3, -0.25) is 4.79 Å². The standard InChI is InChI=1S/C20H18Cl2N4OS3/c1-12-3-5-14(6-4-12)10-28-19-25-26-20(30-19)29-11-18(27)24-23-13(2)16-8-7-15(21)9-17(16)22/h3-9H,10-11H2,1-2H3,(H,24,27)/b23-13+. The van der Waals surface area contributed by atoms with Crippen LogP contribution in [0.15, 0.2) is 56.2 Å². The number of hydrazone groups is 1. The van der Waals surface area contributed by atoms with Crippen molar-refractivity contribution in [1.82, 2.24) is 15.6 Å². The van der Waals surface area contributed by atoms with Crippen LogP contribution in [0.2, 0.25) is 10.0 Å². The van der Waals surface area contributed by atoms with Crippen LogP contribution in [0.1, 0.15) is 23.6 Å². The van der Waals surface area contributed by atoms with Gasteiger partial charge >= 0.3 is 0 Å². The zero-order valence-corrected chi connectivity index (χ0v) is 20.1. The lowest BCUT2D eigenvalue weighted by atomic mass is 10.1. The third kappa shape index (κ3) is 6.99. The van der Waals surface area contributed by atoms with Gasteiger partial charge in [0.05, 0.1) is 16.5 Å². The van der Waals surface area contributed by atoms with Crippen LogP contribution >= 0.6 is 58.1 Å². The number of carbonyl (C=O) groups excluding carboxylic acids is 1. The normalized spacial score (nSPS) is 11.5. The largest absolute Gasteiger partial charge is 0.272 e. The highest BCUT2D eigenvalue weighted by atomic mass is 35.5. The molecule has 30 heavy (non-hydrogen) atoms. The predicted molar refractivity (Wildman–Crippen MR) is 128 cm³/mol. The molecule has 0 radical (unpaired) electrons. The van der Waals surface area contributed by atoms with Gasteiger partial charge in [-0.1, -0.05) is 94.0 Å². The molecule has 1 aromatic heterocycles. The van der Waals surface area contributed by atoms with Gasteiger partial charge in [-0.15, -0.1) is 10.2 Å². The topological polar surface area (TPSA) is 67.2 Å². The Kier molecular flexibility index (Phi) is 8.59. The summed E-state index contributed by atoms with van der Waals surface area (Å²) in [7, 11) is 0. The number of rotatable bonds is 8. The van der Waals surface area contributed by atoms with E-state index in [-0.39, 0.29) is 11.7 Å². The van der Waals surface area contributed by atoms with Gasteiger partial charge < -0.3 is 0 Å². The third-order valence-electron chi connectivity index (χ3n) is 3.87. The highest BCUT2D eigenvalue weighted by molar-refractivity contribution is 8.03. The smallest absolute Gasteiger partial charge is 0.250 e. The first-order chi connectivity index (χ1) is 14.4. The number of amides is 1. The number of aryl methyl sites for hydroxylation is 1. The quantitative estimate of drug-likeness (QED) is 0.232. The lowest BCUT2D eigenvalue weighted by Gasteiger charge is -2.05. The minimum Gasteiger partial charge on any atom is -0.272 e. The Morgan fingerprint density at radius 2 is 1.80 bits per heavy atom. The predicted octanol–water partition coefficient (Wildman–Crippen LogP) is 6.08. The Hall–Kier alpha value is -1.58. The number of halogens is 2. The number of nitrogens with one attached hydrogen (secondary N) is 1. The molecule has 3 aromatic rings. The monoisotopic (exact) mass is 496 g/mol. The summed E-state index contributed by atoms with van der Waals surface area (Å²) in [5, 5.41) is 13.5. The number of benzene rings is 2. The fourth-order valence-corrected chi connectivity index (χ4v) is 5.61. The van der Waals surface area contributed by atoms with Gasteiger partial charge in [0.1, 0.15) is 0 Å². The Balaban J connectivity index is 1.46. The van der Waals surface area contributed by atoms with Crippen LogP contribution in [-0.2, 0) is 10.5 Å². The van der Waals surface area contributed by atoms with Crippen LogP contribution in [0.5, 0.6) is 0 Å². The molecule has 1 heterocycles. The van der Waals surface area contributed by atoms with E-state index in [1.807, 2.05) is 0 Å².